The summed E-state index contributed by atoms with van der Waals surface area (Å²) in [7, 11) is 0. The van der Waals surface area contributed by atoms with E-state index in [1.54, 1.807) is 9.58 Å². The molecule has 7 nitrogen and oxygen atoms in total. The molecule has 0 unspecified atom stereocenters. The van der Waals surface area contributed by atoms with Crippen LogP contribution in [0.15, 0.2) is 6.20 Å². The molecule has 7 heteroatoms. The fourth-order valence-electron chi connectivity index (χ4n) is 2.06. The number of hydrogen-bond acceptors (Lipinski definition) is 4. The topological polar surface area (TPSA) is 80.1 Å². The lowest BCUT2D eigenvalue weighted by molar-refractivity contribution is -0.135. The quantitative estimate of drug-likeness (QED) is 0.786. The molecule has 0 spiro atoms. The van der Waals surface area contributed by atoms with Crippen LogP contribution in [0.3, 0.4) is 0 Å². The molecule has 124 valence electrons. The maximum absolute atomic E-state index is 12.3. The number of carbonyl (C=O) groups is 2. The monoisotopic (exact) mass is 309 g/mol. The van der Waals surface area contributed by atoms with E-state index in [2.05, 4.69) is 15.6 Å². The van der Waals surface area contributed by atoms with E-state index in [4.69, 9.17) is 0 Å². The Balaban J connectivity index is 2.58. The first kappa shape index (κ1) is 18.1. The molecule has 0 saturated heterocycles. The summed E-state index contributed by atoms with van der Waals surface area (Å²) in [6.45, 7) is 10.9. The first-order valence-corrected chi connectivity index (χ1v) is 7.81. The van der Waals surface area contributed by atoms with Gasteiger partial charge < -0.3 is 10.2 Å². The number of rotatable bonds is 8. The molecule has 0 aliphatic carbocycles. The predicted molar refractivity (Wildman–Crippen MR) is 83.9 cm³/mol. The second kappa shape index (κ2) is 8.51. The highest BCUT2D eigenvalue weighted by atomic mass is 16.2. The normalized spacial score (nSPS) is 11.0. The average molecular weight is 309 g/mol. The molecule has 22 heavy (non-hydrogen) atoms. The van der Waals surface area contributed by atoms with Gasteiger partial charge in [-0.2, -0.15) is 0 Å². The van der Waals surface area contributed by atoms with Gasteiger partial charge in [0.05, 0.1) is 12.7 Å². The molecule has 0 radical (unpaired) electrons. The minimum Gasteiger partial charge on any atom is -0.354 e. The van der Waals surface area contributed by atoms with Gasteiger partial charge in [-0.05, 0) is 34.6 Å². The van der Waals surface area contributed by atoms with E-state index < -0.39 is 0 Å². The largest absolute Gasteiger partial charge is 0.354 e. The van der Waals surface area contributed by atoms with Gasteiger partial charge in [-0.25, -0.2) is 0 Å². The lowest BCUT2D eigenvalue weighted by Gasteiger charge is -2.25. The van der Waals surface area contributed by atoms with Gasteiger partial charge in [-0.1, -0.05) is 5.21 Å². The van der Waals surface area contributed by atoms with Gasteiger partial charge in [0.2, 0.25) is 11.8 Å². The van der Waals surface area contributed by atoms with Crippen molar-refractivity contribution in [3.8, 4) is 0 Å². The fraction of sp³-hybridized carbons (Fsp3) is 0.733. The van der Waals surface area contributed by atoms with Crippen LogP contribution >= 0.6 is 0 Å². The van der Waals surface area contributed by atoms with Gasteiger partial charge in [0.15, 0.2) is 0 Å². The van der Waals surface area contributed by atoms with Crippen LogP contribution in [-0.4, -0.2) is 43.8 Å². The first-order valence-electron chi connectivity index (χ1n) is 7.81. The van der Waals surface area contributed by atoms with Crippen molar-refractivity contribution in [1.82, 2.24) is 25.2 Å². The van der Waals surface area contributed by atoms with Crippen molar-refractivity contribution in [3.05, 3.63) is 11.9 Å². The Bertz CT molecular complexity index is 496. The number of nitrogens with zero attached hydrogens (tertiary/aromatic N) is 4. The molecule has 2 amide bonds. The SMILES string of the molecule is CCn1cc(CN(C(=O)CCC(=O)NC(C)C)C(C)C)nn1. The Morgan fingerprint density at radius 2 is 1.95 bits per heavy atom. The predicted octanol–water partition coefficient (Wildman–Crippen LogP) is 1.34. The molecule has 0 atom stereocenters. The molecule has 0 fully saturated rings. The third kappa shape index (κ3) is 5.83. The molecule has 1 N–H and O–H groups in total. The maximum Gasteiger partial charge on any atom is 0.223 e. The minimum atomic E-state index is -0.0935. The summed E-state index contributed by atoms with van der Waals surface area (Å²) in [6.07, 6.45) is 2.26. The summed E-state index contributed by atoms with van der Waals surface area (Å²) < 4.78 is 1.73. The van der Waals surface area contributed by atoms with Gasteiger partial charge in [0, 0.05) is 31.5 Å². The van der Waals surface area contributed by atoms with Gasteiger partial charge in [-0.15, -0.1) is 5.10 Å². The molecular weight excluding hydrogens is 282 g/mol. The minimum absolute atomic E-state index is 0.0417. The molecule has 0 saturated carbocycles. The zero-order valence-electron chi connectivity index (χ0n) is 14.2. The number of amides is 2. The van der Waals surface area contributed by atoms with Crippen LogP contribution in [0.5, 0.6) is 0 Å². The number of hydrogen-bond donors (Lipinski definition) is 1. The second-order valence-corrected chi connectivity index (χ2v) is 5.90. The summed E-state index contributed by atoms with van der Waals surface area (Å²) in [5.41, 5.74) is 0.760. The molecule has 1 aromatic heterocycles. The molecular formula is C15H27N5O2. The van der Waals surface area contributed by atoms with Crippen molar-refractivity contribution >= 4 is 11.8 Å². The summed E-state index contributed by atoms with van der Waals surface area (Å²) in [5, 5.41) is 10.8. The fourth-order valence-corrected chi connectivity index (χ4v) is 2.06. The highest BCUT2D eigenvalue weighted by Gasteiger charge is 2.19. The van der Waals surface area contributed by atoms with Crippen LogP contribution in [-0.2, 0) is 22.7 Å². The standard InChI is InChI=1S/C15H27N5O2/c1-6-19-9-13(17-18-19)10-20(12(4)5)15(22)8-7-14(21)16-11(2)3/h9,11-12H,6-8,10H2,1-5H3,(H,16,21). The van der Waals surface area contributed by atoms with E-state index in [1.165, 1.54) is 0 Å². The third-order valence-electron chi connectivity index (χ3n) is 3.20. The summed E-state index contributed by atoms with van der Waals surface area (Å²) in [5.74, 6) is -0.135. The van der Waals surface area contributed by atoms with Gasteiger partial charge in [0.1, 0.15) is 5.69 Å². The van der Waals surface area contributed by atoms with Crippen LogP contribution in [0, 0.1) is 0 Å². The molecule has 1 aromatic rings. The Hall–Kier alpha value is -1.92. The molecule has 0 aliphatic heterocycles. The molecule has 0 aromatic carbocycles. The maximum atomic E-state index is 12.3. The molecule has 1 heterocycles. The average Bonchev–Trinajstić information content (AvgIpc) is 2.89. The number of carbonyl (C=O) groups excluding carboxylic acids is 2. The smallest absolute Gasteiger partial charge is 0.223 e. The van der Waals surface area contributed by atoms with E-state index in [9.17, 15) is 9.59 Å². The Labute approximate surface area is 132 Å². The van der Waals surface area contributed by atoms with Crippen LogP contribution in [0.1, 0.15) is 53.2 Å². The van der Waals surface area contributed by atoms with Crippen molar-refractivity contribution < 1.29 is 9.59 Å². The van der Waals surface area contributed by atoms with Gasteiger partial charge >= 0.3 is 0 Å². The molecule has 1 rings (SSSR count). The molecule has 0 aliphatic rings. The van der Waals surface area contributed by atoms with Gasteiger partial charge in [0.25, 0.3) is 0 Å². The lowest BCUT2D eigenvalue weighted by Crippen LogP contribution is -2.37. The summed E-state index contributed by atoms with van der Waals surface area (Å²) >= 11 is 0. The number of nitrogens with one attached hydrogen (secondary N) is 1. The Morgan fingerprint density at radius 3 is 2.45 bits per heavy atom. The highest BCUT2D eigenvalue weighted by Crippen LogP contribution is 2.09. The Morgan fingerprint density at radius 1 is 1.27 bits per heavy atom. The van der Waals surface area contributed by atoms with E-state index in [-0.39, 0.29) is 36.7 Å². The molecule has 0 bridgehead atoms. The van der Waals surface area contributed by atoms with Crippen molar-refractivity contribution in [2.75, 3.05) is 0 Å². The number of aryl methyl sites for hydroxylation is 1. The van der Waals surface area contributed by atoms with Crippen molar-refractivity contribution in [3.63, 3.8) is 0 Å². The van der Waals surface area contributed by atoms with E-state index in [1.807, 2.05) is 40.8 Å². The third-order valence-corrected chi connectivity index (χ3v) is 3.20. The first-order chi connectivity index (χ1) is 10.3. The number of aromatic nitrogens is 3. The summed E-state index contributed by atoms with van der Waals surface area (Å²) in [6, 6.07) is 0.139. The van der Waals surface area contributed by atoms with Crippen molar-refractivity contribution in [2.45, 2.75) is 72.6 Å². The highest BCUT2D eigenvalue weighted by molar-refractivity contribution is 5.84. The zero-order valence-corrected chi connectivity index (χ0v) is 14.2. The zero-order chi connectivity index (χ0) is 16.7. The van der Waals surface area contributed by atoms with Crippen LogP contribution in [0.2, 0.25) is 0 Å². The van der Waals surface area contributed by atoms with E-state index in [0.717, 1.165) is 12.2 Å². The van der Waals surface area contributed by atoms with E-state index >= 15 is 0 Å². The van der Waals surface area contributed by atoms with Crippen LogP contribution in [0.4, 0.5) is 0 Å². The van der Waals surface area contributed by atoms with Crippen molar-refractivity contribution in [1.29, 1.82) is 0 Å². The Kier molecular flexibility index (Phi) is 7.01. The van der Waals surface area contributed by atoms with Crippen LogP contribution in [0.25, 0.3) is 0 Å². The van der Waals surface area contributed by atoms with Crippen molar-refractivity contribution in [2.24, 2.45) is 0 Å². The van der Waals surface area contributed by atoms with Crippen LogP contribution < -0.4 is 5.32 Å². The second-order valence-electron chi connectivity index (χ2n) is 5.90. The summed E-state index contributed by atoms with van der Waals surface area (Å²) in [4.78, 5) is 25.7. The van der Waals surface area contributed by atoms with Gasteiger partial charge in [-0.3, -0.25) is 14.3 Å². The lowest BCUT2D eigenvalue weighted by atomic mass is 10.2. The van der Waals surface area contributed by atoms with E-state index in [0.29, 0.717) is 6.54 Å².